The maximum Gasteiger partial charge on any atom is 0.337 e. The first-order chi connectivity index (χ1) is 9.61. The summed E-state index contributed by atoms with van der Waals surface area (Å²) in [6.07, 6.45) is 2.50. The number of benzene rings is 1. The molecular weight excluding hydrogens is 260 g/mol. The fraction of sp³-hybridized carbons (Fsp3) is 0. The molecule has 0 spiro atoms. The Bertz CT molecular complexity index is 719. The molecule has 0 fully saturated rings. The Balaban J connectivity index is 2.17. The smallest absolute Gasteiger partial charge is 0.337 e. The lowest BCUT2D eigenvalue weighted by molar-refractivity contribution is 0.0697. The van der Waals surface area contributed by atoms with Gasteiger partial charge in [-0.15, -0.1) is 0 Å². The standard InChI is InChI=1S/C14H8N2O4/c17-12-8-3-1-2-4-9(8)13(18)16(12)11-7-15-6-5-10(11)14(19)20/h1-7H,(H,19,20). The van der Waals surface area contributed by atoms with Crippen molar-refractivity contribution >= 4 is 23.5 Å². The largest absolute Gasteiger partial charge is 0.478 e. The molecule has 1 N–H and O–H groups in total. The molecule has 2 aromatic rings. The lowest BCUT2D eigenvalue weighted by Crippen LogP contribution is -2.31. The number of carbonyl (C=O) groups is 3. The first-order valence-electron chi connectivity index (χ1n) is 5.76. The summed E-state index contributed by atoms with van der Waals surface area (Å²) in [5, 5.41) is 9.14. The number of carbonyl (C=O) groups excluding carboxylic acids is 2. The van der Waals surface area contributed by atoms with Crippen molar-refractivity contribution in [1.82, 2.24) is 4.98 Å². The molecule has 98 valence electrons. The SMILES string of the molecule is O=C(O)c1ccncc1N1C(=O)c2ccccc2C1=O. The third-order valence-corrected chi connectivity index (χ3v) is 3.07. The molecule has 6 nitrogen and oxygen atoms in total. The molecule has 0 saturated carbocycles. The average molecular weight is 268 g/mol. The minimum Gasteiger partial charge on any atom is -0.478 e. The van der Waals surface area contributed by atoms with E-state index in [2.05, 4.69) is 4.98 Å². The number of hydrogen-bond donors (Lipinski definition) is 1. The topological polar surface area (TPSA) is 87.6 Å². The molecule has 1 aliphatic rings. The molecule has 20 heavy (non-hydrogen) atoms. The predicted molar refractivity (Wildman–Crippen MR) is 68.8 cm³/mol. The van der Waals surface area contributed by atoms with Crippen molar-refractivity contribution < 1.29 is 19.5 Å². The van der Waals surface area contributed by atoms with E-state index in [-0.39, 0.29) is 22.4 Å². The number of imide groups is 1. The fourth-order valence-electron chi connectivity index (χ4n) is 2.15. The van der Waals surface area contributed by atoms with Crippen LogP contribution in [-0.4, -0.2) is 27.9 Å². The number of aromatic nitrogens is 1. The van der Waals surface area contributed by atoms with Crippen molar-refractivity contribution in [3.63, 3.8) is 0 Å². The van der Waals surface area contributed by atoms with Gasteiger partial charge in [-0.2, -0.15) is 0 Å². The lowest BCUT2D eigenvalue weighted by atomic mass is 10.1. The van der Waals surface area contributed by atoms with Crippen molar-refractivity contribution in [2.45, 2.75) is 0 Å². The molecule has 0 aliphatic carbocycles. The highest BCUT2D eigenvalue weighted by Crippen LogP contribution is 2.29. The van der Waals surface area contributed by atoms with Crippen molar-refractivity contribution in [1.29, 1.82) is 0 Å². The molecule has 1 aromatic heterocycles. The van der Waals surface area contributed by atoms with E-state index < -0.39 is 17.8 Å². The van der Waals surface area contributed by atoms with Gasteiger partial charge in [0.05, 0.1) is 28.6 Å². The number of pyridine rings is 1. The molecule has 0 saturated heterocycles. The van der Waals surface area contributed by atoms with E-state index >= 15 is 0 Å². The normalized spacial score (nSPS) is 13.5. The van der Waals surface area contributed by atoms with Crippen molar-refractivity contribution in [2.75, 3.05) is 4.90 Å². The summed E-state index contributed by atoms with van der Waals surface area (Å²) in [4.78, 5) is 40.4. The van der Waals surface area contributed by atoms with Gasteiger partial charge in [0.2, 0.25) is 0 Å². The third kappa shape index (κ3) is 1.58. The zero-order chi connectivity index (χ0) is 14.3. The van der Waals surface area contributed by atoms with Gasteiger partial charge in [0, 0.05) is 6.20 Å². The van der Waals surface area contributed by atoms with Gasteiger partial charge in [-0.05, 0) is 18.2 Å². The second-order valence-corrected chi connectivity index (χ2v) is 4.19. The van der Waals surface area contributed by atoms with Crippen LogP contribution in [0.15, 0.2) is 42.7 Å². The molecule has 6 heteroatoms. The second kappa shape index (κ2) is 4.27. The Morgan fingerprint density at radius 3 is 2.20 bits per heavy atom. The van der Waals surface area contributed by atoms with Crippen LogP contribution >= 0.6 is 0 Å². The van der Waals surface area contributed by atoms with E-state index in [1.807, 2.05) is 0 Å². The first-order valence-corrected chi connectivity index (χ1v) is 5.76. The number of aromatic carboxylic acids is 1. The van der Waals surface area contributed by atoms with E-state index in [0.717, 1.165) is 4.90 Å². The Labute approximate surface area is 113 Å². The molecule has 2 amide bonds. The maximum absolute atomic E-state index is 12.3. The van der Waals surface area contributed by atoms with Gasteiger partial charge >= 0.3 is 5.97 Å². The number of nitrogens with zero attached hydrogens (tertiary/aromatic N) is 2. The van der Waals surface area contributed by atoms with Crippen LogP contribution in [-0.2, 0) is 0 Å². The third-order valence-electron chi connectivity index (χ3n) is 3.07. The number of carboxylic acids is 1. The van der Waals surface area contributed by atoms with Crippen LogP contribution in [0.2, 0.25) is 0 Å². The lowest BCUT2D eigenvalue weighted by Gasteiger charge is -2.15. The first kappa shape index (κ1) is 12.0. The minimum atomic E-state index is -1.22. The van der Waals surface area contributed by atoms with Crippen molar-refractivity contribution in [3.05, 3.63) is 59.4 Å². The zero-order valence-electron chi connectivity index (χ0n) is 10.1. The Morgan fingerprint density at radius 2 is 1.65 bits per heavy atom. The number of rotatable bonds is 2. The van der Waals surface area contributed by atoms with E-state index in [9.17, 15) is 14.4 Å². The number of amides is 2. The fourth-order valence-corrected chi connectivity index (χ4v) is 2.15. The van der Waals surface area contributed by atoms with Crippen LogP contribution < -0.4 is 4.90 Å². The maximum atomic E-state index is 12.3. The molecule has 3 rings (SSSR count). The number of anilines is 1. The van der Waals surface area contributed by atoms with Crippen LogP contribution in [0.5, 0.6) is 0 Å². The van der Waals surface area contributed by atoms with Gasteiger partial charge in [-0.1, -0.05) is 12.1 Å². The molecule has 0 atom stereocenters. The highest BCUT2D eigenvalue weighted by atomic mass is 16.4. The molecule has 0 radical (unpaired) electrons. The summed E-state index contributed by atoms with van der Waals surface area (Å²) >= 11 is 0. The summed E-state index contributed by atoms with van der Waals surface area (Å²) < 4.78 is 0. The van der Waals surface area contributed by atoms with Crippen molar-refractivity contribution in [2.24, 2.45) is 0 Å². The minimum absolute atomic E-state index is 0.0220. The van der Waals surface area contributed by atoms with Gasteiger partial charge < -0.3 is 5.11 Å². The van der Waals surface area contributed by atoms with E-state index in [0.29, 0.717) is 0 Å². The molecule has 2 heterocycles. The van der Waals surface area contributed by atoms with E-state index in [4.69, 9.17) is 5.11 Å². The molecular formula is C14H8N2O4. The highest BCUT2D eigenvalue weighted by Gasteiger charge is 2.38. The summed E-state index contributed by atoms with van der Waals surface area (Å²) in [6, 6.07) is 7.61. The van der Waals surface area contributed by atoms with Crippen LogP contribution in [0.3, 0.4) is 0 Å². The monoisotopic (exact) mass is 268 g/mol. The number of carboxylic acid groups (broad SMARTS) is 1. The number of hydrogen-bond acceptors (Lipinski definition) is 4. The summed E-state index contributed by atoms with van der Waals surface area (Å²) in [5.41, 5.74) is 0.357. The molecule has 0 unspecified atom stereocenters. The van der Waals surface area contributed by atoms with Gasteiger partial charge in [-0.3, -0.25) is 14.6 Å². The molecule has 0 bridgehead atoms. The highest BCUT2D eigenvalue weighted by molar-refractivity contribution is 6.35. The van der Waals surface area contributed by atoms with Crippen molar-refractivity contribution in [3.8, 4) is 0 Å². The summed E-state index contributed by atoms with van der Waals surface area (Å²) in [6.45, 7) is 0. The predicted octanol–water partition coefficient (Wildman–Crippen LogP) is 1.58. The molecule has 1 aromatic carbocycles. The van der Waals surface area contributed by atoms with E-state index in [1.165, 1.54) is 30.6 Å². The summed E-state index contributed by atoms with van der Waals surface area (Å²) in [7, 11) is 0. The van der Waals surface area contributed by atoms with Crippen LogP contribution in [0.1, 0.15) is 31.1 Å². The Kier molecular flexibility index (Phi) is 2.57. The zero-order valence-corrected chi connectivity index (χ0v) is 10.1. The van der Waals surface area contributed by atoms with Crippen LogP contribution in [0.4, 0.5) is 5.69 Å². The Morgan fingerprint density at radius 1 is 1.05 bits per heavy atom. The Hall–Kier alpha value is -3.02. The van der Waals surface area contributed by atoms with Gasteiger partial charge in [0.15, 0.2) is 0 Å². The van der Waals surface area contributed by atoms with Crippen LogP contribution in [0, 0.1) is 0 Å². The van der Waals surface area contributed by atoms with Gasteiger partial charge in [0.25, 0.3) is 11.8 Å². The number of fused-ring (bicyclic) bond motifs is 1. The molecule has 1 aliphatic heterocycles. The second-order valence-electron chi connectivity index (χ2n) is 4.19. The van der Waals surface area contributed by atoms with Gasteiger partial charge in [-0.25, -0.2) is 9.69 Å². The average Bonchev–Trinajstić information content (AvgIpc) is 2.71. The quantitative estimate of drug-likeness (QED) is 0.835. The summed E-state index contributed by atoms with van der Waals surface area (Å²) in [5.74, 6) is -2.30. The van der Waals surface area contributed by atoms with Gasteiger partial charge in [0.1, 0.15) is 0 Å². The van der Waals surface area contributed by atoms with E-state index in [1.54, 1.807) is 12.1 Å². The van der Waals surface area contributed by atoms with Crippen LogP contribution in [0.25, 0.3) is 0 Å².